The first-order valence-electron chi connectivity index (χ1n) is 8.58. The van der Waals surface area contributed by atoms with Crippen LogP contribution in [0.2, 0.25) is 5.02 Å². The molecule has 2 heterocycles. The normalized spacial score (nSPS) is 14.1. The highest BCUT2D eigenvalue weighted by atomic mass is 35.5. The molecule has 8 nitrogen and oxygen atoms in total. The summed E-state index contributed by atoms with van der Waals surface area (Å²) in [5.41, 5.74) is 2.16. The van der Waals surface area contributed by atoms with Gasteiger partial charge < -0.3 is 0 Å². The second-order valence-electron chi connectivity index (χ2n) is 6.59. The van der Waals surface area contributed by atoms with Crippen LogP contribution in [0.5, 0.6) is 0 Å². The van der Waals surface area contributed by atoms with E-state index < -0.39 is 20.0 Å². The molecule has 1 aromatic heterocycles. The first-order valence-corrected chi connectivity index (χ1v) is 12.3. The summed E-state index contributed by atoms with van der Waals surface area (Å²) in [7, 11) is -7.34. The minimum Gasteiger partial charge on any atom is -0.279 e. The maximum Gasteiger partial charge on any atom is 0.265 e. The van der Waals surface area contributed by atoms with Gasteiger partial charge in [-0.1, -0.05) is 17.7 Å². The lowest BCUT2D eigenvalue weighted by molar-refractivity contribution is 0.597. The Morgan fingerprint density at radius 1 is 1.07 bits per heavy atom. The van der Waals surface area contributed by atoms with Crippen molar-refractivity contribution >= 4 is 43.0 Å². The first kappa shape index (κ1) is 19.7. The molecular weight excluding hydrogens is 436 g/mol. The van der Waals surface area contributed by atoms with Crippen molar-refractivity contribution < 1.29 is 16.8 Å². The molecule has 152 valence electrons. The van der Waals surface area contributed by atoms with Crippen molar-refractivity contribution in [1.82, 2.24) is 9.78 Å². The van der Waals surface area contributed by atoms with E-state index in [4.69, 9.17) is 11.6 Å². The zero-order chi connectivity index (χ0) is 20.8. The van der Waals surface area contributed by atoms with Crippen molar-refractivity contribution in [1.29, 1.82) is 0 Å². The average molecular weight is 453 g/mol. The Morgan fingerprint density at radius 2 is 1.79 bits per heavy atom. The molecule has 2 aromatic carbocycles. The molecule has 0 amide bonds. The van der Waals surface area contributed by atoms with Gasteiger partial charge >= 0.3 is 0 Å². The Bertz CT molecular complexity index is 1290. The summed E-state index contributed by atoms with van der Waals surface area (Å²) >= 11 is 5.88. The van der Waals surface area contributed by atoms with Crippen molar-refractivity contribution in [3.05, 3.63) is 65.4 Å². The molecule has 0 saturated carbocycles. The van der Waals surface area contributed by atoms with Crippen LogP contribution in [0.4, 0.5) is 11.4 Å². The van der Waals surface area contributed by atoms with Crippen LogP contribution in [0.25, 0.3) is 5.69 Å². The summed E-state index contributed by atoms with van der Waals surface area (Å²) in [5.74, 6) is 0. The van der Waals surface area contributed by atoms with Gasteiger partial charge in [0.15, 0.2) is 0 Å². The van der Waals surface area contributed by atoms with Crippen LogP contribution in [-0.4, -0.2) is 39.4 Å². The second kappa shape index (κ2) is 7.05. The Balaban J connectivity index is 1.64. The van der Waals surface area contributed by atoms with Gasteiger partial charge in [0.05, 0.1) is 35.7 Å². The van der Waals surface area contributed by atoms with E-state index in [1.807, 2.05) is 0 Å². The molecule has 1 N–H and O–H groups in total. The van der Waals surface area contributed by atoms with Crippen LogP contribution in [-0.2, 0) is 26.5 Å². The summed E-state index contributed by atoms with van der Waals surface area (Å²) < 4.78 is 54.9. The molecule has 1 aliphatic rings. The molecule has 0 radical (unpaired) electrons. The van der Waals surface area contributed by atoms with E-state index >= 15 is 0 Å². The van der Waals surface area contributed by atoms with Crippen molar-refractivity contribution in [2.75, 3.05) is 21.8 Å². The zero-order valence-corrected chi connectivity index (χ0v) is 17.7. The third kappa shape index (κ3) is 3.83. The van der Waals surface area contributed by atoms with Gasteiger partial charge in [-0.05, 0) is 42.8 Å². The summed E-state index contributed by atoms with van der Waals surface area (Å²) in [4.78, 5) is -0.0111. The van der Waals surface area contributed by atoms with Crippen LogP contribution in [0, 0.1) is 0 Å². The lowest BCUT2D eigenvalue weighted by atomic mass is 10.1. The van der Waals surface area contributed by atoms with Crippen LogP contribution in [0.15, 0.2) is 59.8 Å². The van der Waals surface area contributed by atoms with E-state index in [0.717, 1.165) is 6.26 Å². The summed E-state index contributed by atoms with van der Waals surface area (Å²) in [6, 6.07) is 11.7. The fourth-order valence-electron chi connectivity index (χ4n) is 3.23. The molecule has 0 spiro atoms. The Morgan fingerprint density at radius 3 is 2.48 bits per heavy atom. The van der Waals surface area contributed by atoms with Crippen molar-refractivity contribution in [3.8, 4) is 5.69 Å². The summed E-state index contributed by atoms with van der Waals surface area (Å²) in [5, 5.41) is 4.67. The number of nitrogens with zero attached hydrogens (tertiary/aromatic N) is 3. The molecule has 29 heavy (non-hydrogen) atoms. The highest BCUT2D eigenvalue weighted by Gasteiger charge is 2.29. The van der Waals surface area contributed by atoms with E-state index in [0.29, 0.717) is 34.1 Å². The fraction of sp³-hybridized carbons (Fsp3) is 0.167. The average Bonchev–Trinajstić information content (AvgIpc) is 3.30. The molecule has 0 fully saturated rings. The third-order valence-electron chi connectivity index (χ3n) is 4.59. The van der Waals surface area contributed by atoms with Gasteiger partial charge in [0.2, 0.25) is 10.0 Å². The summed E-state index contributed by atoms with van der Waals surface area (Å²) in [6.45, 7) is 0.279. The molecule has 4 rings (SSSR count). The van der Waals surface area contributed by atoms with Crippen LogP contribution in [0.3, 0.4) is 0 Å². The molecule has 3 aromatic rings. The minimum absolute atomic E-state index is 0.0111. The van der Waals surface area contributed by atoms with Gasteiger partial charge in [0, 0.05) is 17.1 Å². The Labute approximate surface area is 173 Å². The molecule has 11 heteroatoms. The number of fused-ring (bicyclic) bond motifs is 1. The molecule has 0 aliphatic carbocycles. The summed E-state index contributed by atoms with van der Waals surface area (Å²) in [6.07, 6.45) is 4.20. The zero-order valence-electron chi connectivity index (χ0n) is 15.3. The predicted molar refractivity (Wildman–Crippen MR) is 112 cm³/mol. The number of anilines is 2. The van der Waals surface area contributed by atoms with Crippen molar-refractivity contribution in [2.24, 2.45) is 0 Å². The van der Waals surface area contributed by atoms with Crippen molar-refractivity contribution in [3.63, 3.8) is 0 Å². The second-order valence-corrected chi connectivity index (χ2v) is 10.6. The maximum atomic E-state index is 12.9. The smallest absolute Gasteiger partial charge is 0.265 e. The SMILES string of the molecule is CS(=O)(=O)N1CCc2c(NS(=O)(=O)c3cnn(-c4ccc(Cl)cc4)c3)cccc21. The van der Waals surface area contributed by atoms with E-state index in [1.54, 1.807) is 42.5 Å². The van der Waals surface area contributed by atoms with E-state index in [2.05, 4.69) is 9.82 Å². The topological polar surface area (TPSA) is 101 Å². The number of hydrogen-bond donors (Lipinski definition) is 1. The fourth-order valence-corrected chi connectivity index (χ4v) is 5.33. The van der Waals surface area contributed by atoms with Gasteiger partial charge in [0.1, 0.15) is 4.90 Å². The van der Waals surface area contributed by atoms with E-state index in [1.165, 1.54) is 21.4 Å². The quantitative estimate of drug-likeness (QED) is 0.641. The lowest BCUT2D eigenvalue weighted by Gasteiger charge is -2.17. The molecule has 0 bridgehead atoms. The lowest BCUT2D eigenvalue weighted by Crippen LogP contribution is -2.27. The van der Waals surface area contributed by atoms with E-state index in [9.17, 15) is 16.8 Å². The van der Waals surface area contributed by atoms with Gasteiger partial charge in [0.25, 0.3) is 10.0 Å². The molecular formula is C18H17ClN4O4S2. The number of benzene rings is 2. The van der Waals surface area contributed by atoms with Gasteiger partial charge in [-0.25, -0.2) is 21.5 Å². The Kier molecular flexibility index (Phi) is 4.80. The number of halogens is 1. The highest BCUT2D eigenvalue weighted by Crippen LogP contribution is 2.36. The predicted octanol–water partition coefficient (Wildman–Crippen LogP) is 2.65. The molecule has 0 saturated heterocycles. The van der Waals surface area contributed by atoms with Crippen LogP contribution < -0.4 is 9.03 Å². The maximum absolute atomic E-state index is 12.9. The number of aromatic nitrogens is 2. The monoisotopic (exact) mass is 452 g/mol. The van der Waals surface area contributed by atoms with Crippen LogP contribution in [0.1, 0.15) is 5.56 Å². The largest absolute Gasteiger partial charge is 0.279 e. The number of hydrogen-bond acceptors (Lipinski definition) is 5. The number of sulfonamides is 2. The van der Waals surface area contributed by atoms with Crippen LogP contribution >= 0.6 is 11.6 Å². The van der Waals surface area contributed by atoms with Crippen molar-refractivity contribution in [2.45, 2.75) is 11.3 Å². The standard InChI is InChI=1S/C18H17ClN4O4S2/c1-28(24,25)23-10-9-16-17(3-2-4-18(16)23)21-29(26,27)15-11-20-22(12-15)14-7-5-13(19)6-8-14/h2-8,11-12,21H,9-10H2,1H3. The van der Waals surface area contributed by atoms with Gasteiger partial charge in [-0.15, -0.1) is 0 Å². The molecule has 0 atom stereocenters. The van der Waals surface area contributed by atoms with Gasteiger partial charge in [-0.3, -0.25) is 9.03 Å². The third-order valence-corrected chi connectivity index (χ3v) is 7.34. The molecule has 0 unspecified atom stereocenters. The van der Waals surface area contributed by atoms with E-state index in [-0.39, 0.29) is 11.4 Å². The minimum atomic E-state index is -3.91. The Hall–Kier alpha value is -2.56. The number of rotatable bonds is 5. The first-order chi connectivity index (χ1) is 13.6. The highest BCUT2D eigenvalue weighted by molar-refractivity contribution is 7.92. The van der Waals surface area contributed by atoms with Gasteiger partial charge in [-0.2, -0.15) is 5.10 Å². The number of nitrogens with one attached hydrogen (secondary N) is 1. The molecule has 1 aliphatic heterocycles.